The Morgan fingerprint density at radius 2 is 1.61 bits per heavy atom. The zero-order chi connectivity index (χ0) is 14.3. The van der Waals surface area contributed by atoms with Gasteiger partial charge in [-0.15, -0.1) is 0 Å². The highest BCUT2D eigenvalue weighted by Crippen LogP contribution is 2.11. The average Bonchev–Trinajstić information content (AvgIpc) is 2.30. The lowest BCUT2D eigenvalue weighted by Gasteiger charge is -2.28. The van der Waals surface area contributed by atoms with Crippen LogP contribution < -0.4 is 0 Å². The summed E-state index contributed by atoms with van der Waals surface area (Å²) >= 11 is 0. The van der Waals surface area contributed by atoms with Crippen molar-refractivity contribution in [2.24, 2.45) is 0 Å². The molecule has 0 aromatic carbocycles. The van der Waals surface area contributed by atoms with Crippen molar-refractivity contribution in [1.82, 2.24) is 0 Å². The van der Waals surface area contributed by atoms with E-state index in [1.54, 1.807) is 0 Å². The summed E-state index contributed by atoms with van der Waals surface area (Å²) in [5, 5.41) is 37.1. The van der Waals surface area contributed by atoms with E-state index in [0.717, 1.165) is 13.8 Å². The molecule has 4 atom stereocenters. The number of carbonyl (C=O) groups is 2. The molecular weight excluding hydrogens is 248 g/mol. The summed E-state index contributed by atoms with van der Waals surface area (Å²) in [5.41, 5.74) is 0. The topological polar surface area (TPSA) is 134 Å². The van der Waals surface area contributed by atoms with Gasteiger partial charge in [-0.1, -0.05) is 0 Å². The van der Waals surface area contributed by atoms with Gasteiger partial charge in [0.05, 0.1) is 6.61 Å². The van der Waals surface area contributed by atoms with Crippen molar-refractivity contribution in [1.29, 1.82) is 0 Å². The predicted octanol–water partition coefficient (Wildman–Crippen LogP) is -2.44. The van der Waals surface area contributed by atoms with Crippen LogP contribution in [0.25, 0.3) is 0 Å². The number of carbonyl (C=O) groups excluding carboxylic acids is 2. The van der Waals surface area contributed by atoms with Crippen molar-refractivity contribution in [3.8, 4) is 0 Å². The van der Waals surface area contributed by atoms with Crippen molar-refractivity contribution in [2.75, 3.05) is 13.2 Å². The van der Waals surface area contributed by atoms with Crippen LogP contribution in [0.4, 0.5) is 0 Å². The number of esters is 2. The lowest BCUT2D eigenvalue weighted by atomic mass is 10.0. The van der Waals surface area contributed by atoms with Gasteiger partial charge in [-0.05, 0) is 0 Å². The third-order valence-corrected chi connectivity index (χ3v) is 2.06. The number of hydrogen-bond donors (Lipinski definition) is 4. The highest BCUT2D eigenvalue weighted by molar-refractivity contribution is 5.66. The third-order valence-electron chi connectivity index (χ3n) is 2.06. The highest BCUT2D eigenvalue weighted by Gasteiger charge is 2.35. The van der Waals surface area contributed by atoms with Crippen molar-refractivity contribution in [3.05, 3.63) is 0 Å². The van der Waals surface area contributed by atoms with Gasteiger partial charge in [-0.25, -0.2) is 0 Å². The molecule has 0 amide bonds. The zero-order valence-corrected chi connectivity index (χ0v) is 10.1. The Hall–Kier alpha value is -1.22. The molecule has 0 radical (unpaired) electrons. The van der Waals surface area contributed by atoms with E-state index in [0.29, 0.717) is 0 Å². The van der Waals surface area contributed by atoms with Gasteiger partial charge in [0.25, 0.3) is 0 Å². The molecule has 18 heavy (non-hydrogen) atoms. The SMILES string of the molecule is CC(=O)OC[C@@H](O)[C@@H](OC(C)=O)[C@H](O)[C@@H](O)CO. The van der Waals surface area contributed by atoms with Crippen molar-refractivity contribution in [3.63, 3.8) is 0 Å². The van der Waals surface area contributed by atoms with Gasteiger partial charge in [0.2, 0.25) is 0 Å². The largest absolute Gasteiger partial charge is 0.463 e. The Morgan fingerprint density at radius 1 is 1.06 bits per heavy atom. The molecule has 0 unspecified atom stereocenters. The van der Waals surface area contributed by atoms with Crippen LogP contribution in [-0.2, 0) is 19.1 Å². The van der Waals surface area contributed by atoms with Crippen LogP contribution in [0, 0.1) is 0 Å². The summed E-state index contributed by atoms with van der Waals surface area (Å²) in [6, 6.07) is 0. The molecule has 0 bridgehead atoms. The van der Waals surface area contributed by atoms with E-state index in [1.165, 1.54) is 0 Å². The molecule has 0 saturated carbocycles. The Kier molecular flexibility index (Phi) is 7.44. The van der Waals surface area contributed by atoms with Gasteiger partial charge in [-0.3, -0.25) is 9.59 Å². The van der Waals surface area contributed by atoms with E-state index < -0.39 is 49.6 Å². The Labute approximate surface area is 104 Å². The van der Waals surface area contributed by atoms with Crippen LogP contribution >= 0.6 is 0 Å². The Bertz CT molecular complexity index is 279. The zero-order valence-electron chi connectivity index (χ0n) is 10.1. The second-order valence-corrected chi connectivity index (χ2v) is 3.68. The summed E-state index contributed by atoms with van der Waals surface area (Å²) < 4.78 is 9.12. The second kappa shape index (κ2) is 7.98. The summed E-state index contributed by atoms with van der Waals surface area (Å²) in [6.45, 7) is 0.873. The molecule has 0 aromatic rings. The Balaban J connectivity index is 4.64. The fourth-order valence-electron chi connectivity index (χ4n) is 1.19. The first-order chi connectivity index (χ1) is 8.29. The molecule has 0 rings (SSSR count). The minimum atomic E-state index is -1.70. The highest BCUT2D eigenvalue weighted by atomic mass is 16.6. The van der Waals surface area contributed by atoms with Crippen LogP contribution in [0.1, 0.15) is 13.8 Å². The first kappa shape index (κ1) is 16.8. The number of aliphatic hydroxyl groups excluding tert-OH is 4. The maximum atomic E-state index is 10.8. The van der Waals surface area contributed by atoms with Gasteiger partial charge in [0.1, 0.15) is 24.9 Å². The summed E-state index contributed by atoms with van der Waals surface area (Å²) in [5.74, 6) is -1.46. The molecule has 0 aliphatic heterocycles. The molecule has 8 nitrogen and oxygen atoms in total. The predicted molar refractivity (Wildman–Crippen MR) is 57.3 cm³/mol. The van der Waals surface area contributed by atoms with E-state index in [9.17, 15) is 24.9 Å². The first-order valence-corrected chi connectivity index (χ1v) is 5.25. The van der Waals surface area contributed by atoms with Crippen LogP contribution in [0.3, 0.4) is 0 Å². The summed E-state index contributed by atoms with van der Waals surface area (Å²) in [7, 11) is 0. The molecule has 0 aromatic heterocycles. The lowest BCUT2D eigenvalue weighted by molar-refractivity contribution is -0.178. The smallest absolute Gasteiger partial charge is 0.303 e. The van der Waals surface area contributed by atoms with Gasteiger partial charge < -0.3 is 29.9 Å². The normalized spacial score (nSPS) is 17.4. The maximum absolute atomic E-state index is 10.8. The fourth-order valence-corrected chi connectivity index (χ4v) is 1.19. The van der Waals surface area contributed by atoms with Gasteiger partial charge in [-0.2, -0.15) is 0 Å². The van der Waals surface area contributed by atoms with Crippen molar-refractivity contribution < 1.29 is 39.5 Å². The number of aliphatic hydroxyl groups is 4. The molecule has 4 N–H and O–H groups in total. The van der Waals surface area contributed by atoms with Gasteiger partial charge in [0.15, 0.2) is 6.10 Å². The monoisotopic (exact) mass is 266 g/mol. The van der Waals surface area contributed by atoms with E-state index in [-0.39, 0.29) is 0 Å². The molecule has 0 aliphatic rings. The number of rotatable bonds is 7. The van der Waals surface area contributed by atoms with Crippen LogP contribution in [0.15, 0.2) is 0 Å². The molecule has 0 spiro atoms. The van der Waals surface area contributed by atoms with Crippen molar-refractivity contribution >= 4 is 11.9 Å². The lowest BCUT2D eigenvalue weighted by Crippen LogP contribution is -2.49. The molecule has 0 fully saturated rings. The van der Waals surface area contributed by atoms with E-state index >= 15 is 0 Å². The van der Waals surface area contributed by atoms with Crippen LogP contribution in [0.2, 0.25) is 0 Å². The minimum absolute atomic E-state index is 0.511. The molecule has 0 aliphatic carbocycles. The number of hydrogen-bond acceptors (Lipinski definition) is 8. The van der Waals surface area contributed by atoms with Crippen molar-refractivity contribution in [2.45, 2.75) is 38.3 Å². The number of ether oxygens (including phenoxy) is 2. The van der Waals surface area contributed by atoms with E-state index in [4.69, 9.17) is 5.11 Å². The molecule has 8 heteroatoms. The summed E-state index contributed by atoms with van der Waals surface area (Å²) in [6.07, 6.45) is -6.33. The second-order valence-electron chi connectivity index (χ2n) is 3.68. The van der Waals surface area contributed by atoms with E-state index in [1.807, 2.05) is 0 Å². The fraction of sp³-hybridized carbons (Fsp3) is 0.800. The minimum Gasteiger partial charge on any atom is -0.463 e. The quantitative estimate of drug-likeness (QED) is 0.373. The van der Waals surface area contributed by atoms with Crippen LogP contribution in [0.5, 0.6) is 0 Å². The Morgan fingerprint density at radius 3 is 2.00 bits per heavy atom. The molecule has 0 heterocycles. The third kappa shape index (κ3) is 5.92. The average molecular weight is 266 g/mol. The van der Waals surface area contributed by atoms with Gasteiger partial charge >= 0.3 is 11.9 Å². The summed E-state index contributed by atoms with van der Waals surface area (Å²) in [4.78, 5) is 21.4. The first-order valence-electron chi connectivity index (χ1n) is 5.25. The molecular formula is C10H18O8. The van der Waals surface area contributed by atoms with Gasteiger partial charge in [0, 0.05) is 13.8 Å². The standard InChI is InChI=1S/C10H18O8/c1-5(12)17-4-8(15)10(18-6(2)13)9(16)7(14)3-11/h7-11,14-16H,3-4H2,1-2H3/t7-,8+,9+,10+/m0/s1. The van der Waals surface area contributed by atoms with Crippen LogP contribution in [-0.4, -0.2) is 70.0 Å². The molecule has 106 valence electrons. The molecule has 0 saturated heterocycles. The maximum Gasteiger partial charge on any atom is 0.303 e. The van der Waals surface area contributed by atoms with E-state index in [2.05, 4.69) is 9.47 Å².